The molecule has 1 aliphatic carbocycles. The molecule has 9 heteroatoms. The number of hydrogen-bond donors (Lipinski definition) is 3. The molecule has 174 valence electrons. The van der Waals surface area contributed by atoms with E-state index in [1.807, 2.05) is 6.07 Å². The third-order valence-electron chi connectivity index (χ3n) is 5.32. The van der Waals surface area contributed by atoms with Crippen molar-refractivity contribution in [3.05, 3.63) is 35.0 Å². The Balaban J connectivity index is 1.74. The zero-order chi connectivity index (χ0) is 23.5. The highest BCUT2D eigenvalue weighted by Gasteiger charge is 2.37. The molecule has 2 aromatic rings. The van der Waals surface area contributed by atoms with Crippen LogP contribution < -0.4 is 10.6 Å². The lowest BCUT2D eigenvalue weighted by Gasteiger charge is -2.36. The van der Waals surface area contributed by atoms with Gasteiger partial charge in [0.1, 0.15) is 11.3 Å². The number of halogens is 1. The van der Waals surface area contributed by atoms with Crippen molar-refractivity contribution >= 4 is 40.5 Å². The normalized spacial score (nSPS) is 21.1. The number of aromatic nitrogens is 1. The van der Waals surface area contributed by atoms with Crippen LogP contribution in [0.5, 0.6) is 0 Å². The highest BCUT2D eigenvalue weighted by molar-refractivity contribution is 6.31. The standard InChI is InChI=1S/C23H30ClN3O5/c1-5-31-21(29)13-6-8-17(18(11-13)27-22(30)32-23(2,3)4)26-20(28)19-12-14-10-15(24)7-9-16(14)25-19/h7,9-10,12-13,17-18,25H,5-6,8,11H2,1-4H3,(H,26,28)(H,27,30)/t13-,17+,18-/m0/s1. The summed E-state index contributed by atoms with van der Waals surface area (Å²) in [7, 11) is 0. The van der Waals surface area contributed by atoms with Crippen LogP contribution in [0, 0.1) is 5.92 Å². The van der Waals surface area contributed by atoms with Crippen molar-refractivity contribution in [3.8, 4) is 0 Å². The van der Waals surface area contributed by atoms with Crippen molar-refractivity contribution in [1.29, 1.82) is 0 Å². The zero-order valence-corrected chi connectivity index (χ0v) is 19.5. The largest absolute Gasteiger partial charge is 0.466 e. The quantitative estimate of drug-likeness (QED) is 0.576. The first kappa shape index (κ1) is 23.9. The second-order valence-corrected chi connectivity index (χ2v) is 9.45. The molecule has 3 N–H and O–H groups in total. The van der Waals surface area contributed by atoms with E-state index < -0.39 is 17.7 Å². The molecule has 32 heavy (non-hydrogen) atoms. The van der Waals surface area contributed by atoms with Gasteiger partial charge >= 0.3 is 12.1 Å². The third-order valence-corrected chi connectivity index (χ3v) is 5.55. The summed E-state index contributed by atoms with van der Waals surface area (Å²) < 4.78 is 10.5. The predicted molar refractivity (Wildman–Crippen MR) is 122 cm³/mol. The number of aromatic amines is 1. The van der Waals surface area contributed by atoms with Crippen LogP contribution >= 0.6 is 11.6 Å². The Morgan fingerprint density at radius 3 is 2.56 bits per heavy atom. The van der Waals surface area contributed by atoms with Gasteiger partial charge in [0, 0.05) is 22.0 Å². The lowest BCUT2D eigenvalue weighted by molar-refractivity contribution is -0.149. The van der Waals surface area contributed by atoms with E-state index in [2.05, 4.69) is 15.6 Å². The Labute approximate surface area is 192 Å². The maximum absolute atomic E-state index is 12.9. The number of fused-ring (bicyclic) bond motifs is 1. The van der Waals surface area contributed by atoms with E-state index in [9.17, 15) is 14.4 Å². The fraction of sp³-hybridized carbons (Fsp3) is 0.522. The SMILES string of the molecule is CCOC(=O)[C@H]1CC[C@@H](NC(=O)c2cc3cc(Cl)ccc3[nH]2)[C@@H](NC(=O)OC(C)(C)C)C1. The first-order chi connectivity index (χ1) is 15.1. The van der Waals surface area contributed by atoms with Crippen LogP contribution in [0.1, 0.15) is 57.4 Å². The lowest BCUT2D eigenvalue weighted by atomic mass is 9.82. The van der Waals surface area contributed by atoms with Gasteiger partial charge in [-0.15, -0.1) is 0 Å². The molecule has 8 nitrogen and oxygen atoms in total. The summed E-state index contributed by atoms with van der Waals surface area (Å²) in [5.74, 6) is -0.938. The van der Waals surface area contributed by atoms with Crippen molar-refractivity contribution in [2.24, 2.45) is 5.92 Å². The van der Waals surface area contributed by atoms with Crippen LogP contribution in [-0.2, 0) is 14.3 Å². The van der Waals surface area contributed by atoms with Crippen LogP contribution in [0.2, 0.25) is 5.02 Å². The van der Waals surface area contributed by atoms with Gasteiger partial charge in [0.05, 0.1) is 18.6 Å². The number of esters is 1. The molecule has 0 spiro atoms. The highest BCUT2D eigenvalue weighted by atomic mass is 35.5. The molecule has 2 amide bonds. The molecule has 0 aliphatic heterocycles. The second kappa shape index (κ2) is 9.81. The van der Waals surface area contributed by atoms with Gasteiger partial charge in [0.15, 0.2) is 0 Å². The highest BCUT2D eigenvalue weighted by Crippen LogP contribution is 2.27. The molecule has 3 rings (SSSR count). The van der Waals surface area contributed by atoms with E-state index in [0.29, 0.717) is 36.6 Å². The van der Waals surface area contributed by atoms with E-state index >= 15 is 0 Å². The second-order valence-electron chi connectivity index (χ2n) is 9.01. The average Bonchev–Trinajstić information content (AvgIpc) is 3.11. The number of H-pyrrole nitrogens is 1. The number of carbonyl (C=O) groups excluding carboxylic acids is 3. The molecule has 0 saturated heterocycles. The number of benzene rings is 1. The first-order valence-corrected chi connectivity index (χ1v) is 11.2. The topological polar surface area (TPSA) is 110 Å². The summed E-state index contributed by atoms with van der Waals surface area (Å²) in [5.41, 5.74) is 0.531. The first-order valence-electron chi connectivity index (χ1n) is 10.8. The van der Waals surface area contributed by atoms with Gasteiger partial charge in [-0.1, -0.05) is 11.6 Å². The van der Waals surface area contributed by atoms with Crippen LogP contribution in [0.4, 0.5) is 4.79 Å². The summed E-state index contributed by atoms with van der Waals surface area (Å²) in [4.78, 5) is 40.7. The summed E-state index contributed by atoms with van der Waals surface area (Å²) in [5, 5.41) is 7.24. The van der Waals surface area contributed by atoms with E-state index in [0.717, 1.165) is 10.9 Å². The summed E-state index contributed by atoms with van der Waals surface area (Å²) in [6.45, 7) is 7.38. The van der Waals surface area contributed by atoms with E-state index in [-0.39, 0.29) is 23.8 Å². The van der Waals surface area contributed by atoms with Crippen LogP contribution in [-0.4, -0.2) is 47.2 Å². The summed E-state index contributed by atoms with van der Waals surface area (Å²) >= 11 is 6.03. The van der Waals surface area contributed by atoms with Crippen LogP contribution in [0.3, 0.4) is 0 Å². The van der Waals surface area contributed by atoms with Gasteiger partial charge in [-0.2, -0.15) is 0 Å². The Morgan fingerprint density at radius 2 is 1.88 bits per heavy atom. The number of hydrogen-bond acceptors (Lipinski definition) is 5. The number of carbonyl (C=O) groups is 3. The van der Waals surface area contributed by atoms with Crippen LogP contribution in [0.15, 0.2) is 24.3 Å². The molecule has 1 aromatic heterocycles. The van der Waals surface area contributed by atoms with E-state index in [1.165, 1.54) is 0 Å². The van der Waals surface area contributed by atoms with Gasteiger partial charge in [-0.25, -0.2) is 4.79 Å². The van der Waals surface area contributed by atoms with Crippen LogP contribution in [0.25, 0.3) is 10.9 Å². The molecule has 0 unspecified atom stereocenters. The van der Waals surface area contributed by atoms with E-state index in [1.54, 1.807) is 45.9 Å². The molecule has 1 aromatic carbocycles. The van der Waals surface area contributed by atoms with Crippen molar-refractivity contribution in [3.63, 3.8) is 0 Å². The molecule has 1 fully saturated rings. The van der Waals surface area contributed by atoms with Crippen molar-refractivity contribution in [2.45, 2.75) is 64.6 Å². The molecule has 1 heterocycles. The molecule has 0 bridgehead atoms. The van der Waals surface area contributed by atoms with Gasteiger partial charge in [0.2, 0.25) is 0 Å². The Bertz CT molecular complexity index is 997. The fourth-order valence-electron chi connectivity index (χ4n) is 3.91. The number of ether oxygens (including phenoxy) is 2. The number of alkyl carbamates (subject to hydrolysis) is 1. The minimum Gasteiger partial charge on any atom is -0.466 e. The molecule has 1 aliphatic rings. The number of nitrogens with one attached hydrogen (secondary N) is 3. The maximum atomic E-state index is 12.9. The van der Waals surface area contributed by atoms with Gasteiger partial charge in [-0.05, 0) is 71.2 Å². The van der Waals surface area contributed by atoms with Gasteiger partial charge < -0.3 is 25.1 Å². The Kier molecular flexibility index (Phi) is 7.33. The maximum Gasteiger partial charge on any atom is 0.407 e. The fourth-order valence-corrected chi connectivity index (χ4v) is 4.09. The molecular formula is C23H30ClN3O5. The lowest BCUT2D eigenvalue weighted by Crippen LogP contribution is -2.56. The van der Waals surface area contributed by atoms with Crippen molar-refractivity contribution in [2.75, 3.05) is 6.61 Å². The van der Waals surface area contributed by atoms with Gasteiger partial charge in [0.25, 0.3) is 5.91 Å². The monoisotopic (exact) mass is 463 g/mol. The number of rotatable bonds is 5. The minimum absolute atomic E-state index is 0.291. The third kappa shape index (κ3) is 6.16. The summed E-state index contributed by atoms with van der Waals surface area (Å²) in [6, 6.07) is 6.23. The van der Waals surface area contributed by atoms with Crippen molar-refractivity contribution < 1.29 is 23.9 Å². The van der Waals surface area contributed by atoms with E-state index in [4.69, 9.17) is 21.1 Å². The summed E-state index contributed by atoms with van der Waals surface area (Å²) in [6.07, 6.45) is 0.831. The Hall–Kier alpha value is -2.74. The minimum atomic E-state index is -0.663. The molecule has 3 atom stereocenters. The molecular weight excluding hydrogens is 434 g/mol. The zero-order valence-electron chi connectivity index (χ0n) is 18.8. The predicted octanol–water partition coefficient (Wildman–Crippen LogP) is 4.18. The van der Waals surface area contributed by atoms with Gasteiger partial charge in [-0.3, -0.25) is 9.59 Å². The average molecular weight is 464 g/mol. The number of amides is 2. The molecule has 0 radical (unpaired) electrons. The smallest absolute Gasteiger partial charge is 0.407 e. The molecule has 1 saturated carbocycles. The van der Waals surface area contributed by atoms with Crippen molar-refractivity contribution in [1.82, 2.24) is 15.6 Å². The Morgan fingerprint density at radius 1 is 1.12 bits per heavy atom.